The van der Waals surface area contributed by atoms with Crippen LogP contribution in [0.4, 0.5) is 34.1 Å². The molecule has 0 radical (unpaired) electrons. The molecule has 2 aliphatic rings. The summed E-state index contributed by atoms with van der Waals surface area (Å²) in [6.07, 6.45) is 0. The van der Waals surface area contributed by atoms with E-state index < -0.39 is 0 Å². The van der Waals surface area contributed by atoms with E-state index in [1.54, 1.807) is 0 Å². The highest BCUT2D eigenvalue weighted by molar-refractivity contribution is 7.00. The van der Waals surface area contributed by atoms with Gasteiger partial charge in [0, 0.05) is 22.7 Å². The Kier molecular flexibility index (Phi) is 19.5. The van der Waals surface area contributed by atoms with Gasteiger partial charge in [0.15, 0.2) is 0 Å². The molecule has 0 N–H and O–H groups in total. The number of hydrogen-bond acceptors (Lipinski definition) is 2. The molecule has 2 heterocycles. The van der Waals surface area contributed by atoms with Gasteiger partial charge in [0.25, 0.3) is 6.71 Å². The van der Waals surface area contributed by atoms with Gasteiger partial charge in [-0.15, -0.1) is 0 Å². The molecule has 0 unspecified atom stereocenters. The van der Waals surface area contributed by atoms with Crippen LogP contribution in [0.2, 0.25) is 0 Å². The number of aryl methyl sites for hydroxylation is 4. The first-order valence-corrected chi connectivity index (χ1v) is 41.3. The number of rotatable bonds is 10. The number of hydrogen-bond donors (Lipinski definition) is 0. The molecular weight excluding hydrogens is 1360 g/mol. The maximum atomic E-state index is 2.69. The first-order chi connectivity index (χ1) is 53.0. The van der Waals surface area contributed by atoms with Crippen molar-refractivity contribution in [3.8, 4) is 89.0 Å². The lowest BCUT2D eigenvalue weighted by molar-refractivity contribution is 0.590. The zero-order valence-corrected chi connectivity index (χ0v) is 72.2. The van der Waals surface area contributed by atoms with Crippen molar-refractivity contribution in [2.45, 2.75) is 211 Å². The molecule has 113 heavy (non-hydrogen) atoms. The third-order valence-electron chi connectivity index (χ3n) is 24.4. The average molecular weight is 1480 g/mol. The van der Waals surface area contributed by atoms with Gasteiger partial charge in [0.05, 0.1) is 11.4 Å². The minimum Gasteiger partial charge on any atom is -0.311 e. The van der Waals surface area contributed by atoms with Crippen molar-refractivity contribution in [1.82, 2.24) is 0 Å². The number of fused-ring (bicyclic) bond motifs is 4. The predicted octanol–water partition coefficient (Wildman–Crippen LogP) is 29.4. The molecule has 2 aliphatic heterocycles. The van der Waals surface area contributed by atoms with E-state index in [2.05, 4.69) is 438 Å². The Labute approximate surface area is 678 Å². The van der Waals surface area contributed by atoms with E-state index in [-0.39, 0.29) is 44.6 Å². The highest BCUT2D eigenvalue weighted by Gasteiger charge is 2.46. The monoisotopic (exact) mass is 1480 g/mol. The van der Waals surface area contributed by atoms with Crippen LogP contribution in [-0.2, 0) is 37.9 Å². The molecule has 0 fully saturated rings. The second kappa shape index (κ2) is 28.3. The van der Waals surface area contributed by atoms with Crippen LogP contribution in [0.25, 0.3) is 89.0 Å². The average Bonchev–Trinajstić information content (AvgIpc) is 0.688. The van der Waals surface area contributed by atoms with Crippen molar-refractivity contribution in [3.05, 3.63) is 316 Å². The van der Waals surface area contributed by atoms with E-state index in [0.29, 0.717) is 0 Å². The number of anilines is 6. The van der Waals surface area contributed by atoms with E-state index in [0.717, 1.165) is 0 Å². The Bertz CT molecular complexity index is 5260. The van der Waals surface area contributed by atoms with E-state index in [1.807, 2.05) is 0 Å². The van der Waals surface area contributed by atoms with Crippen LogP contribution >= 0.6 is 0 Å². The van der Waals surface area contributed by atoms with Crippen molar-refractivity contribution in [2.24, 2.45) is 0 Å². The lowest BCUT2D eigenvalue weighted by atomic mass is 9.33. The van der Waals surface area contributed by atoms with Gasteiger partial charge in [-0.2, -0.15) is 0 Å². The Balaban J connectivity index is 0.965. The van der Waals surface area contributed by atoms with Crippen molar-refractivity contribution in [3.63, 3.8) is 0 Å². The predicted molar refractivity (Wildman–Crippen MR) is 494 cm³/mol. The summed E-state index contributed by atoms with van der Waals surface area (Å²) in [4.78, 5) is 5.38. The van der Waals surface area contributed by atoms with Crippen molar-refractivity contribution in [2.75, 3.05) is 9.80 Å². The number of benzene rings is 13. The second-order valence-corrected chi connectivity index (χ2v) is 40.3. The van der Waals surface area contributed by atoms with Crippen LogP contribution in [0.1, 0.15) is 207 Å². The largest absolute Gasteiger partial charge is 0.311 e. The molecule has 0 saturated heterocycles. The smallest absolute Gasteiger partial charge is 0.252 e. The van der Waals surface area contributed by atoms with Gasteiger partial charge in [-0.1, -0.05) is 315 Å². The van der Waals surface area contributed by atoms with Gasteiger partial charge in [-0.3, -0.25) is 0 Å². The zero-order valence-electron chi connectivity index (χ0n) is 72.2. The third kappa shape index (κ3) is 15.2. The molecule has 13 aromatic rings. The Morgan fingerprint density at radius 1 is 0.177 bits per heavy atom. The highest BCUT2D eigenvalue weighted by Crippen LogP contribution is 2.52. The summed E-state index contributed by atoms with van der Waals surface area (Å²) < 4.78 is 0. The third-order valence-corrected chi connectivity index (χ3v) is 24.4. The molecule has 0 amide bonds. The van der Waals surface area contributed by atoms with Crippen LogP contribution in [0.15, 0.2) is 255 Å². The summed E-state index contributed by atoms with van der Waals surface area (Å²) >= 11 is 0. The van der Waals surface area contributed by atoms with Gasteiger partial charge in [-0.25, -0.2) is 0 Å². The molecule has 3 heteroatoms. The summed E-state index contributed by atoms with van der Waals surface area (Å²) in [7, 11) is 0. The van der Waals surface area contributed by atoms with Crippen LogP contribution in [-0.4, -0.2) is 6.71 Å². The molecule has 13 aromatic carbocycles. The molecule has 0 bridgehead atoms. The quantitative estimate of drug-likeness (QED) is 0.126. The van der Waals surface area contributed by atoms with E-state index in [9.17, 15) is 0 Å². The van der Waals surface area contributed by atoms with Crippen LogP contribution in [0, 0.1) is 27.7 Å². The molecule has 2 nitrogen and oxygen atoms in total. The Hall–Kier alpha value is -10.5. The topological polar surface area (TPSA) is 6.48 Å². The molecule has 0 aliphatic carbocycles. The molecule has 0 aromatic heterocycles. The molecule has 0 atom stereocenters. The van der Waals surface area contributed by atoms with E-state index >= 15 is 0 Å². The molecule has 0 spiro atoms. The fourth-order valence-corrected chi connectivity index (χ4v) is 17.5. The summed E-state index contributed by atoms with van der Waals surface area (Å²) in [6, 6.07) is 100. The van der Waals surface area contributed by atoms with Crippen molar-refractivity contribution < 1.29 is 0 Å². The summed E-state index contributed by atoms with van der Waals surface area (Å²) in [5.41, 5.74) is 44.5. The van der Waals surface area contributed by atoms with Crippen LogP contribution in [0.5, 0.6) is 0 Å². The lowest BCUT2D eigenvalue weighted by Gasteiger charge is -2.46. The summed E-state index contributed by atoms with van der Waals surface area (Å²) in [6.45, 7) is 57.9. The molecule has 0 saturated carbocycles. The molecule has 15 rings (SSSR count). The SMILES string of the molecule is Cc1cc(-c2cc(-c3ccc(C(C)(C)C)cc3)cc(-c3ccc(C(C)(C)C)cc3)c2)cc(C)c1N1c2ccc(-c3ccc(C(C)(C)C)cc3)cc2B2c3cc(-c4ccc(C(C)(C)C)cc4)ccc3N(c3c(C)cc(-c4cc(-c5ccc(C(C)(C)C)cc5)cc(-c5ccc(C(C)(C)C)cc5)c4)cc3C)c3cc(C(C)(C)C)cc1c32. The second-order valence-electron chi connectivity index (χ2n) is 40.3. The lowest BCUT2D eigenvalue weighted by Crippen LogP contribution is -2.61. The maximum absolute atomic E-state index is 2.69. The highest BCUT2D eigenvalue weighted by atomic mass is 15.2. The number of nitrogens with zero attached hydrogens (tertiary/aromatic N) is 2. The van der Waals surface area contributed by atoms with Gasteiger partial charge in [0.1, 0.15) is 0 Å². The zero-order chi connectivity index (χ0) is 80.7. The minimum absolute atomic E-state index is 0.0147. The van der Waals surface area contributed by atoms with Crippen LogP contribution < -0.4 is 26.2 Å². The van der Waals surface area contributed by atoms with E-state index in [1.165, 1.54) is 201 Å². The Morgan fingerprint density at radius 2 is 0.363 bits per heavy atom. The standard InChI is InChI=1S/C110H117BN2/c1-68-54-80(86-60-82(74-30-44-90(45-31-74)106(11,12)13)58-83(61-86)75-32-46-91(47-33-75)107(14,15)16)55-69(2)102(68)112-97-52-38-78(72-26-40-88(41-27-72)104(5,6)7)64-95(97)111-96-65-79(73-28-42-89(43-29-73)105(8,9)10)39-53-98(96)113(100-67-94(110(23,24)25)66-99(112)101(100)111)103-70(3)56-81(57-71(103)4)87-62-84(76-34-48-92(49-35-76)108(17,18)19)59-85(63-87)77-36-50-93(51-37-77)109(20,21)22/h26-67H,1-25H3. The normalized spacial score (nSPS) is 13.3. The van der Waals surface area contributed by atoms with Gasteiger partial charge in [-0.05, 0) is 317 Å². The minimum atomic E-state index is -0.237. The molecule has 570 valence electrons. The fourth-order valence-electron chi connectivity index (χ4n) is 17.5. The first-order valence-electron chi connectivity index (χ1n) is 41.3. The molecular formula is C110H117BN2. The summed E-state index contributed by atoms with van der Waals surface area (Å²) in [5.74, 6) is 0. The van der Waals surface area contributed by atoms with Crippen molar-refractivity contribution in [1.29, 1.82) is 0 Å². The van der Waals surface area contributed by atoms with Gasteiger partial charge in [0.2, 0.25) is 0 Å². The van der Waals surface area contributed by atoms with Crippen LogP contribution in [0.3, 0.4) is 0 Å². The van der Waals surface area contributed by atoms with Crippen molar-refractivity contribution >= 4 is 57.2 Å². The Morgan fingerprint density at radius 3 is 0.575 bits per heavy atom. The van der Waals surface area contributed by atoms with Gasteiger partial charge < -0.3 is 9.80 Å². The summed E-state index contributed by atoms with van der Waals surface area (Å²) in [5, 5.41) is 0. The fraction of sp³-hybridized carbons (Fsp3) is 0.291. The van der Waals surface area contributed by atoms with E-state index in [4.69, 9.17) is 0 Å². The maximum Gasteiger partial charge on any atom is 0.252 e. The van der Waals surface area contributed by atoms with Gasteiger partial charge >= 0.3 is 0 Å². The first kappa shape index (κ1) is 77.8.